The average Bonchev–Trinajstić information content (AvgIpc) is 2.31. The summed E-state index contributed by atoms with van der Waals surface area (Å²) < 4.78 is 5.71. The number of phenols is 2. The molecule has 1 aromatic rings. The van der Waals surface area contributed by atoms with Gasteiger partial charge in [-0.25, -0.2) is 0 Å². The molecule has 3 unspecified atom stereocenters. The van der Waals surface area contributed by atoms with Gasteiger partial charge >= 0.3 is 0 Å². The van der Waals surface area contributed by atoms with Gasteiger partial charge in [0.25, 0.3) is 0 Å². The first kappa shape index (κ1) is 14.1. The molecular weight excluding hydrogens is 244 g/mol. The molecule has 19 heavy (non-hydrogen) atoms. The maximum atomic E-state index is 9.98. The topological polar surface area (TPSA) is 79.0 Å². The molecule has 5 nitrogen and oxygen atoms in total. The molecule has 1 fully saturated rings. The van der Waals surface area contributed by atoms with Crippen molar-refractivity contribution >= 4 is 0 Å². The summed E-state index contributed by atoms with van der Waals surface area (Å²) in [6.07, 6.45) is 0.300. The Labute approximate surface area is 113 Å². The smallest absolute Gasteiger partial charge is 0.124 e. The van der Waals surface area contributed by atoms with E-state index in [2.05, 4.69) is 4.90 Å². The van der Waals surface area contributed by atoms with Crippen LogP contribution in [-0.2, 0) is 4.74 Å². The predicted molar refractivity (Wildman–Crippen MR) is 73.1 cm³/mol. The summed E-state index contributed by atoms with van der Waals surface area (Å²) in [6, 6.07) is 4.60. The SMILES string of the molecule is CC1CN(C(CN)c2ccc(O)cc2O)CC(C)O1. The van der Waals surface area contributed by atoms with Crippen LogP contribution in [0.25, 0.3) is 0 Å². The molecule has 5 heteroatoms. The molecule has 2 rings (SSSR count). The molecule has 0 radical (unpaired) electrons. The number of benzene rings is 1. The van der Waals surface area contributed by atoms with Crippen LogP contribution in [0.2, 0.25) is 0 Å². The molecule has 4 N–H and O–H groups in total. The van der Waals surface area contributed by atoms with Crippen LogP contribution >= 0.6 is 0 Å². The van der Waals surface area contributed by atoms with Gasteiger partial charge in [0.15, 0.2) is 0 Å². The molecule has 1 aliphatic rings. The van der Waals surface area contributed by atoms with Crippen molar-refractivity contribution in [2.45, 2.75) is 32.1 Å². The first-order valence-electron chi connectivity index (χ1n) is 6.62. The third-order valence-electron chi connectivity index (χ3n) is 3.48. The maximum Gasteiger partial charge on any atom is 0.124 e. The number of hydrogen-bond acceptors (Lipinski definition) is 5. The summed E-state index contributed by atoms with van der Waals surface area (Å²) in [5.74, 6) is 0.142. The fraction of sp³-hybridized carbons (Fsp3) is 0.571. The predicted octanol–water partition coefficient (Wildman–Crippen LogP) is 1.21. The molecule has 0 aromatic heterocycles. The van der Waals surface area contributed by atoms with Crippen molar-refractivity contribution in [1.29, 1.82) is 0 Å². The van der Waals surface area contributed by atoms with E-state index in [1.165, 1.54) is 6.07 Å². The standard InChI is InChI=1S/C14H22N2O3/c1-9-7-16(8-10(2)19-9)13(6-15)12-4-3-11(17)5-14(12)18/h3-5,9-10,13,17-18H,6-8,15H2,1-2H3. The lowest BCUT2D eigenvalue weighted by atomic mass is 10.0. The Morgan fingerprint density at radius 1 is 1.32 bits per heavy atom. The van der Waals surface area contributed by atoms with Crippen molar-refractivity contribution in [3.05, 3.63) is 23.8 Å². The number of hydrogen-bond donors (Lipinski definition) is 3. The molecule has 0 spiro atoms. The third kappa shape index (κ3) is 3.18. The molecule has 0 aliphatic carbocycles. The van der Waals surface area contributed by atoms with Gasteiger partial charge in [0, 0.05) is 31.3 Å². The molecule has 0 amide bonds. The van der Waals surface area contributed by atoms with E-state index in [9.17, 15) is 10.2 Å². The van der Waals surface area contributed by atoms with Crippen molar-refractivity contribution in [1.82, 2.24) is 4.90 Å². The van der Waals surface area contributed by atoms with Crippen LogP contribution < -0.4 is 5.73 Å². The van der Waals surface area contributed by atoms with Crippen molar-refractivity contribution in [3.63, 3.8) is 0 Å². The Balaban J connectivity index is 2.23. The Morgan fingerprint density at radius 3 is 2.47 bits per heavy atom. The average molecular weight is 266 g/mol. The highest BCUT2D eigenvalue weighted by Gasteiger charge is 2.29. The van der Waals surface area contributed by atoms with E-state index in [0.717, 1.165) is 18.7 Å². The van der Waals surface area contributed by atoms with Crippen LogP contribution in [0.15, 0.2) is 18.2 Å². The van der Waals surface area contributed by atoms with Gasteiger partial charge in [-0.3, -0.25) is 4.90 Å². The summed E-state index contributed by atoms with van der Waals surface area (Å²) in [7, 11) is 0. The largest absolute Gasteiger partial charge is 0.508 e. The number of ether oxygens (including phenoxy) is 1. The number of nitrogens with zero attached hydrogens (tertiary/aromatic N) is 1. The minimum Gasteiger partial charge on any atom is -0.508 e. The molecule has 3 atom stereocenters. The first-order chi connectivity index (χ1) is 9.01. The molecule has 0 saturated carbocycles. The van der Waals surface area contributed by atoms with Gasteiger partial charge in [-0.15, -0.1) is 0 Å². The fourth-order valence-electron chi connectivity index (χ4n) is 2.76. The van der Waals surface area contributed by atoms with Crippen LogP contribution in [0.5, 0.6) is 11.5 Å². The van der Waals surface area contributed by atoms with Crippen LogP contribution in [-0.4, -0.2) is 47.0 Å². The Bertz CT molecular complexity index is 429. The maximum absolute atomic E-state index is 9.98. The zero-order valence-corrected chi connectivity index (χ0v) is 11.4. The van der Waals surface area contributed by atoms with E-state index < -0.39 is 0 Å². The Hall–Kier alpha value is -1.30. The quantitative estimate of drug-likeness (QED) is 0.766. The van der Waals surface area contributed by atoms with E-state index in [4.69, 9.17) is 10.5 Å². The second kappa shape index (κ2) is 5.77. The van der Waals surface area contributed by atoms with Gasteiger partial charge in [-0.2, -0.15) is 0 Å². The highest BCUT2D eigenvalue weighted by Crippen LogP contribution is 2.32. The van der Waals surface area contributed by atoms with Crippen LogP contribution in [0.3, 0.4) is 0 Å². The van der Waals surface area contributed by atoms with Crippen molar-refractivity contribution in [2.75, 3.05) is 19.6 Å². The van der Waals surface area contributed by atoms with E-state index in [0.29, 0.717) is 6.54 Å². The van der Waals surface area contributed by atoms with Gasteiger partial charge in [-0.1, -0.05) is 6.07 Å². The molecule has 1 aliphatic heterocycles. The van der Waals surface area contributed by atoms with Gasteiger partial charge in [0.1, 0.15) is 11.5 Å². The minimum atomic E-state index is -0.0607. The van der Waals surface area contributed by atoms with Gasteiger partial charge in [0.2, 0.25) is 0 Å². The summed E-state index contributed by atoms with van der Waals surface area (Å²) in [5.41, 5.74) is 6.63. The highest BCUT2D eigenvalue weighted by molar-refractivity contribution is 5.41. The number of morpholine rings is 1. The zero-order valence-electron chi connectivity index (χ0n) is 11.4. The first-order valence-corrected chi connectivity index (χ1v) is 6.62. The van der Waals surface area contributed by atoms with Crippen LogP contribution in [0.4, 0.5) is 0 Å². The lowest BCUT2D eigenvalue weighted by Crippen LogP contribution is -2.48. The van der Waals surface area contributed by atoms with Gasteiger partial charge < -0.3 is 20.7 Å². The highest BCUT2D eigenvalue weighted by atomic mass is 16.5. The summed E-state index contributed by atoms with van der Waals surface area (Å²) in [5, 5.41) is 19.3. The van der Waals surface area contributed by atoms with Crippen molar-refractivity contribution < 1.29 is 14.9 Å². The second-order valence-electron chi connectivity index (χ2n) is 5.21. The third-order valence-corrected chi connectivity index (χ3v) is 3.48. The Kier molecular flexibility index (Phi) is 4.29. The lowest BCUT2D eigenvalue weighted by Gasteiger charge is -2.40. The summed E-state index contributed by atoms with van der Waals surface area (Å²) in [4.78, 5) is 2.23. The number of rotatable bonds is 3. The number of nitrogens with two attached hydrogens (primary N) is 1. The van der Waals surface area contributed by atoms with E-state index in [1.807, 2.05) is 13.8 Å². The van der Waals surface area contributed by atoms with Crippen molar-refractivity contribution in [2.24, 2.45) is 5.73 Å². The summed E-state index contributed by atoms with van der Waals surface area (Å²) >= 11 is 0. The molecule has 1 heterocycles. The van der Waals surface area contributed by atoms with Crippen LogP contribution in [0, 0.1) is 0 Å². The van der Waals surface area contributed by atoms with Crippen LogP contribution in [0.1, 0.15) is 25.5 Å². The van der Waals surface area contributed by atoms with E-state index in [1.54, 1.807) is 12.1 Å². The molecule has 1 aromatic carbocycles. The minimum absolute atomic E-state index is 0.0562. The number of aromatic hydroxyl groups is 2. The van der Waals surface area contributed by atoms with Gasteiger partial charge in [-0.05, 0) is 19.9 Å². The summed E-state index contributed by atoms with van der Waals surface area (Å²) in [6.45, 7) is 6.05. The van der Waals surface area contributed by atoms with Gasteiger partial charge in [0.05, 0.1) is 18.2 Å². The Morgan fingerprint density at radius 2 is 1.95 bits per heavy atom. The molecular formula is C14H22N2O3. The molecule has 106 valence electrons. The monoisotopic (exact) mass is 266 g/mol. The molecule has 0 bridgehead atoms. The van der Waals surface area contributed by atoms with E-state index in [-0.39, 0.29) is 29.7 Å². The number of phenolic OH excluding ortho intramolecular Hbond substituents is 2. The lowest BCUT2D eigenvalue weighted by molar-refractivity contribution is -0.0801. The second-order valence-corrected chi connectivity index (χ2v) is 5.21. The van der Waals surface area contributed by atoms with E-state index >= 15 is 0 Å². The molecule has 1 saturated heterocycles. The van der Waals surface area contributed by atoms with Crippen molar-refractivity contribution in [3.8, 4) is 11.5 Å². The zero-order chi connectivity index (χ0) is 14.0. The normalized spacial score (nSPS) is 26.3. The fourth-order valence-corrected chi connectivity index (χ4v) is 2.76.